The maximum Gasteiger partial charge on any atom is 0.322 e. The van der Waals surface area contributed by atoms with E-state index >= 15 is 0 Å². The molecule has 1 aliphatic rings. The van der Waals surface area contributed by atoms with Crippen LogP contribution in [0.2, 0.25) is 0 Å². The summed E-state index contributed by atoms with van der Waals surface area (Å²) >= 11 is 1.23. The fourth-order valence-corrected chi connectivity index (χ4v) is 4.08. The SMILES string of the molecule is NC(=O)c1cc2ncnc(N3CCN(C(=O)Nc4ccc(F)cc4F)CC3)c2s1. The van der Waals surface area contributed by atoms with Crippen molar-refractivity contribution in [3.05, 3.63) is 47.1 Å². The largest absolute Gasteiger partial charge is 0.365 e. The predicted molar refractivity (Wildman–Crippen MR) is 105 cm³/mol. The Morgan fingerprint density at radius 3 is 2.55 bits per heavy atom. The highest BCUT2D eigenvalue weighted by molar-refractivity contribution is 7.21. The monoisotopic (exact) mass is 418 g/mol. The first-order chi connectivity index (χ1) is 13.9. The Hall–Kier alpha value is -3.34. The Bertz CT molecular complexity index is 1100. The van der Waals surface area contributed by atoms with E-state index in [9.17, 15) is 18.4 Å². The van der Waals surface area contributed by atoms with Gasteiger partial charge in [-0.3, -0.25) is 4.79 Å². The number of anilines is 2. The van der Waals surface area contributed by atoms with E-state index in [0.717, 1.165) is 16.8 Å². The molecule has 11 heteroatoms. The number of nitrogens with one attached hydrogen (secondary N) is 1. The molecule has 3 heterocycles. The Balaban J connectivity index is 1.45. The number of primary amides is 1. The molecule has 1 aromatic carbocycles. The zero-order chi connectivity index (χ0) is 20.5. The van der Waals surface area contributed by atoms with E-state index in [2.05, 4.69) is 15.3 Å². The van der Waals surface area contributed by atoms with E-state index < -0.39 is 23.6 Å². The lowest BCUT2D eigenvalue weighted by Gasteiger charge is -2.35. The van der Waals surface area contributed by atoms with Gasteiger partial charge >= 0.3 is 6.03 Å². The maximum absolute atomic E-state index is 13.7. The molecule has 0 aliphatic carbocycles. The number of thiophene rings is 1. The van der Waals surface area contributed by atoms with Crippen LogP contribution >= 0.6 is 11.3 Å². The second kappa shape index (κ2) is 7.59. The van der Waals surface area contributed by atoms with Gasteiger partial charge in [0.15, 0.2) is 0 Å². The second-order valence-corrected chi connectivity index (χ2v) is 7.47. The number of fused-ring (bicyclic) bond motifs is 1. The van der Waals surface area contributed by atoms with Crippen molar-refractivity contribution in [2.45, 2.75) is 0 Å². The summed E-state index contributed by atoms with van der Waals surface area (Å²) in [5.74, 6) is -1.38. The average molecular weight is 418 g/mol. The number of amides is 3. The number of nitrogens with zero attached hydrogens (tertiary/aromatic N) is 4. The molecule has 3 aromatic rings. The smallest absolute Gasteiger partial charge is 0.322 e. The third-order valence-electron chi connectivity index (χ3n) is 4.57. The fraction of sp³-hybridized carbons (Fsp3) is 0.222. The first-order valence-corrected chi connectivity index (χ1v) is 9.54. The van der Waals surface area contributed by atoms with Gasteiger partial charge in [-0.2, -0.15) is 0 Å². The summed E-state index contributed by atoms with van der Waals surface area (Å²) < 4.78 is 27.5. The summed E-state index contributed by atoms with van der Waals surface area (Å²) in [5.41, 5.74) is 5.92. The zero-order valence-corrected chi connectivity index (χ0v) is 15.9. The molecule has 0 bridgehead atoms. The summed E-state index contributed by atoms with van der Waals surface area (Å²) in [5, 5.41) is 2.46. The van der Waals surface area contributed by atoms with Crippen LogP contribution in [0.1, 0.15) is 9.67 Å². The van der Waals surface area contributed by atoms with E-state index in [4.69, 9.17) is 5.73 Å². The Morgan fingerprint density at radius 1 is 1.10 bits per heavy atom. The number of halogens is 2. The number of aromatic nitrogens is 2. The van der Waals surface area contributed by atoms with E-state index in [-0.39, 0.29) is 5.69 Å². The molecule has 3 N–H and O–H groups in total. The van der Waals surface area contributed by atoms with Gasteiger partial charge in [0.2, 0.25) is 0 Å². The summed E-state index contributed by atoms with van der Waals surface area (Å²) in [6, 6.07) is 4.15. The van der Waals surface area contributed by atoms with Crippen LogP contribution in [0, 0.1) is 11.6 Å². The number of hydrogen-bond acceptors (Lipinski definition) is 6. The minimum atomic E-state index is -0.830. The minimum Gasteiger partial charge on any atom is -0.365 e. The molecule has 150 valence electrons. The second-order valence-electron chi connectivity index (χ2n) is 6.41. The van der Waals surface area contributed by atoms with Crippen LogP contribution in [0.15, 0.2) is 30.6 Å². The van der Waals surface area contributed by atoms with E-state index in [1.54, 1.807) is 11.0 Å². The highest BCUT2D eigenvalue weighted by Gasteiger charge is 2.25. The quantitative estimate of drug-likeness (QED) is 0.680. The molecule has 0 saturated carbocycles. The highest BCUT2D eigenvalue weighted by Crippen LogP contribution is 2.31. The highest BCUT2D eigenvalue weighted by atomic mass is 32.1. The van der Waals surface area contributed by atoms with Crippen LogP contribution < -0.4 is 16.0 Å². The number of piperazine rings is 1. The maximum atomic E-state index is 13.7. The Kier molecular flexibility index (Phi) is 4.97. The number of carbonyl (C=O) groups is 2. The number of carbonyl (C=O) groups excluding carboxylic acids is 2. The number of benzene rings is 1. The van der Waals surface area contributed by atoms with Crippen molar-refractivity contribution in [2.75, 3.05) is 36.4 Å². The predicted octanol–water partition coefficient (Wildman–Crippen LogP) is 2.42. The molecule has 8 nitrogen and oxygen atoms in total. The van der Waals surface area contributed by atoms with Crippen LogP contribution in [-0.4, -0.2) is 53.0 Å². The molecule has 0 radical (unpaired) electrons. The third kappa shape index (κ3) is 3.81. The molecule has 0 spiro atoms. The number of hydrogen-bond donors (Lipinski definition) is 2. The van der Waals surface area contributed by atoms with Crippen molar-refractivity contribution in [1.82, 2.24) is 14.9 Å². The average Bonchev–Trinajstić information content (AvgIpc) is 3.15. The standard InChI is InChI=1S/C18H16F2N6O2S/c19-10-1-2-12(11(20)7-10)24-18(28)26-5-3-25(4-6-26)17-15-13(22-9-23-17)8-14(29-15)16(21)27/h1-2,7-9H,3-6H2,(H2,21,27)(H,24,28). The van der Waals surface area contributed by atoms with Crippen LogP contribution in [0.25, 0.3) is 10.2 Å². The normalized spacial score (nSPS) is 14.3. The van der Waals surface area contributed by atoms with Crippen molar-refractivity contribution in [2.24, 2.45) is 5.73 Å². The van der Waals surface area contributed by atoms with Crippen molar-refractivity contribution in [3.8, 4) is 0 Å². The van der Waals surface area contributed by atoms with Crippen LogP contribution in [0.4, 0.5) is 25.1 Å². The first kappa shape index (κ1) is 19.0. The van der Waals surface area contributed by atoms with E-state index in [0.29, 0.717) is 42.4 Å². The van der Waals surface area contributed by atoms with Crippen LogP contribution in [0.5, 0.6) is 0 Å². The molecule has 29 heavy (non-hydrogen) atoms. The Labute approximate surface area is 167 Å². The van der Waals surface area contributed by atoms with Crippen molar-refractivity contribution >= 4 is 45.0 Å². The third-order valence-corrected chi connectivity index (χ3v) is 5.71. The molecule has 0 unspecified atom stereocenters. The van der Waals surface area contributed by atoms with Gasteiger partial charge in [0.25, 0.3) is 5.91 Å². The topological polar surface area (TPSA) is 104 Å². The molecule has 2 aromatic heterocycles. The van der Waals surface area contributed by atoms with Gasteiger partial charge in [-0.1, -0.05) is 0 Å². The van der Waals surface area contributed by atoms with Gasteiger partial charge in [0.1, 0.15) is 23.8 Å². The lowest BCUT2D eigenvalue weighted by Crippen LogP contribution is -2.50. The minimum absolute atomic E-state index is 0.0751. The van der Waals surface area contributed by atoms with Crippen LogP contribution in [0.3, 0.4) is 0 Å². The number of nitrogens with two attached hydrogens (primary N) is 1. The van der Waals surface area contributed by atoms with Gasteiger partial charge in [-0.15, -0.1) is 11.3 Å². The van der Waals surface area contributed by atoms with E-state index in [1.807, 2.05) is 4.90 Å². The lowest BCUT2D eigenvalue weighted by atomic mass is 10.3. The molecular formula is C18H16F2N6O2S. The molecule has 1 aliphatic heterocycles. The summed E-state index contributed by atoms with van der Waals surface area (Å²) in [4.78, 5) is 36.3. The number of rotatable bonds is 3. The summed E-state index contributed by atoms with van der Waals surface area (Å²) in [6.45, 7) is 1.76. The Morgan fingerprint density at radius 2 is 1.86 bits per heavy atom. The number of urea groups is 1. The van der Waals surface area contributed by atoms with E-state index in [1.165, 1.54) is 23.7 Å². The molecule has 4 rings (SSSR count). The van der Waals surface area contributed by atoms with Crippen molar-refractivity contribution in [1.29, 1.82) is 0 Å². The summed E-state index contributed by atoms with van der Waals surface area (Å²) in [6.07, 6.45) is 1.42. The van der Waals surface area contributed by atoms with Crippen molar-refractivity contribution in [3.63, 3.8) is 0 Å². The zero-order valence-electron chi connectivity index (χ0n) is 15.1. The van der Waals surface area contributed by atoms with Gasteiger partial charge in [0, 0.05) is 32.2 Å². The van der Waals surface area contributed by atoms with Crippen molar-refractivity contribution < 1.29 is 18.4 Å². The molecule has 0 atom stereocenters. The summed E-state index contributed by atoms with van der Waals surface area (Å²) in [7, 11) is 0. The van der Waals surface area contributed by atoms with Crippen LogP contribution in [-0.2, 0) is 0 Å². The van der Waals surface area contributed by atoms with Gasteiger partial charge in [0.05, 0.1) is 20.8 Å². The first-order valence-electron chi connectivity index (χ1n) is 8.72. The van der Waals surface area contributed by atoms with Gasteiger partial charge in [-0.25, -0.2) is 23.5 Å². The molecule has 1 saturated heterocycles. The van der Waals surface area contributed by atoms with Gasteiger partial charge in [-0.05, 0) is 18.2 Å². The fourth-order valence-electron chi connectivity index (χ4n) is 3.10. The molecule has 3 amide bonds. The molecule has 1 fully saturated rings. The molecular weight excluding hydrogens is 402 g/mol. The van der Waals surface area contributed by atoms with Gasteiger partial charge < -0.3 is 20.9 Å². The lowest BCUT2D eigenvalue weighted by molar-refractivity contribution is 0.100.